The van der Waals surface area contributed by atoms with Crippen molar-refractivity contribution >= 4 is 33.2 Å². The maximum atomic E-state index is 9.55. The molecule has 2 nitrogen and oxygen atoms in total. The second-order valence-electron chi connectivity index (χ2n) is 5.43. The molecule has 106 valence electrons. The normalized spacial score (nSPS) is 24.0. The number of nitrogens with zero attached hydrogens (tertiary/aromatic N) is 1. The Morgan fingerprint density at radius 1 is 1.19 bits per heavy atom. The van der Waals surface area contributed by atoms with Crippen LogP contribution in [0.1, 0.15) is 18.4 Å². The Hall–Kier alpha value is -1.50. The summed E-state index contributed by atoms with van der Waals surface area (Å²) in [6.45, 7) is 0. The van der Waals surface area contributed by atoms with Crippen LogP contribution in [0.5, 0.6) is 0 Å². The summed E-state index contributed by atoms with van der Waals surface area (Å²) in [7, 11) is 0. The molecule has 1 aliphatic rings. The zero-order valence-corrected chi connectivity index (χ0v) is 13.7. The molecular weight excluding hydrogens is 348 g/mol. The summed E-state index contributed by atoms with van der Waals surface area (Å²) >= 11 is 9.62. The first-order chi connectivity index (χ1) is 10.1. The highest BCUT2D eigenvalue weighted by Gasteiger charge is 2.46. The van der Waals surface area contributed by atoms with Gasteiger partial charge in [0.25, 0.3) is 0 Å². The smallest absolute Gasteiger partial charge is 0.0861 e. The van der Waals surface area contributed by atoms with Gasteiger partial charge in [-0.25, -0.2) is 0 Å². The molecule has 0 radical (unpaired) electrons. The lowest BCUT2D eigenvalue weighted by atomic mass is 9.62. The highest BCUT2D eigenvalue weighted by molar-refractivity contribution is 9.10. The van der Waals surface area contributed by atoms with Crippen molar-refractivity contribution in [3.05, 3.63) is 63.6 Å². The first kappa shape index (κ1) is 14.4. The van der Waals surface area contributed by atoms with Gasteiger partial charge >= 0.3 is 0 Å². The second-order valence-corrected chi connectivity index (χ2v) is 6.76. The molecule has 2 aromatic carbocycles. The molecule has 0 bridgehead atoms. The third-order valence-electron chi connectivity index (χ3n) is 4.02. The van der Waals surface area contributed by atoms with Crippen molar-refractivity contribution in [1.29, 1.82) is 5.26 Å². The molecule has 3 rings (SSSR count). The van der Waals surface area contributed by atoms with Gasteiger partial charge in [0, 0.05) is 10.5 Å². The molecule has 1 N–H and O–H groups in total. The predicted octanol–water partition coefficient (Wildman–Crippen LogP) is 5.14. The first-order valence-corrected chi connectivity index (χ1v) is 7.98. The van der Waals surface area contributed by atoms with Crippen LogP contribution in [0, 0.1) is 11.3 Å². The van der Waals surface area contributed by atoms with Gasteiger partial charge in [0.1, 0.15) is 0 Å². The predicted molar refractivity (Wildman–Crippen MR) is 89.5 cm³/mol. The summed E-state index contributed by atoms with van der Waals surface area (Å²) in [4.78, 5) is 0. The van der Waals surface area contributed by atoms with E-state index in [-0.39, 0.29) is 11.5 Å². The van der Waals surface area contributed by atoms with Gasteiger partial charge in [0.2, 0.25) is 0 Å². The molecule has 0 atom stereocenters. The highest BCUT2D eigenvalue weighted by atomic mass is 79.9. The quantitative estimate of drug-likeness (QED) is 0.821. The summed E-state index contributed by atoms with van der Waals surface area (Å²) in [6.07, 6.45) is 1.61. The summed E-state index contributed by atoms with van der Waals surface area (Å²) in [5, 5.41) is 13.7. The van der Waals surface area contributed by atoms with Crippen LogP contribution in [-0.2, 0) is 5.41 Å². The van der Waals surface area contributed by atoms with Gasteiger partial charge in [-0.15, -0.1) is 0 Å². The largest absolute Gasteiger partial charge is 0.381 e. The number of hydrogen-bond acceptors (Lipinski definition) is 2. The topological polar surface area (TPSA) is 35.8 Å². The van der Waals surface area contributed by atoms with Crippen molar-refractivity contribution in [2.24, 2.45) is 0 Å². The molecule has 1 saturated carbocycles. The van der Waals surface area contributed by atoms with E-state index in [1.807, 2.05) is 48.5 Å². The SMILES string of the molecule is N#CC1(c2ccccc2)CC(Nc2ccc(Br)cc2Cl)C1. The minimum absolute atomic E-state index is 0.281. The minimum atomic E-state index is -0.360. The molecule has 0 aliphatic heterocycles. The summed E-state index contributed by atoms with van der Waals surface area (Å²) in [6, 6.07) is 18.6. The van der Waals surface area contributed by atoms with Gasteiger partial charge in [-0.3, -0.25) is 0 Å². The number of rotatable bonds is 3. The molecule has 21 heavy (non-hydrogen) atoms. The van der Waals surface area contributed by atoms with Gasteiger partial charge in [-0.1, -0.05) is 57.9 Å². The Bertz CT molecular complexity index is 688. The number of anilines is 1. The van der Waals surface area contributed by atoms with Crippen LogP contribution >= 0.6 is 27.5 Å². The van der Waals surface area contributed by atoms with E-state index in [4.69, 9.17) is 11.6 Å². The van der Waals surface area contributed by atoms with E-state index >= 15 is 0 Å². The molecule has 0 aromatic heterocycles. The maximum absolute atomic E-state index is 9.55. The number of benzene rings is 2. The average molecular weight is 362 g/mol. The van der Waals surface area contributed by atoms with Crippen molar-refractivity contribution in [3.63, 3.8) is 0 Å². The highest BCUT2D eigenvalue weighted by Crippen LogP contribution is 2.45. The maximum Gasteiger partial charge on any atom is 0.0861 e. The number of hydrogen-bond donors (Lipinski definition) is 1. The first-order valence-electron chi connectivity index (χ1n) is 6.81. The van der Waals surface area contributed by atoms with Gasteiger partial charge in [-0.05, 0) is 36.6 Å². The minimum Gasteiger partial charge on any atom is -0.381 e. The molecule has 0 saturated heterocycles. The van der Waals surface area contributed by atoms with Crippen molar-refractivity contribution in [3.8, 4) is 6.07 Å². The van der Waals surface area contributed by atoms with E-state index in [1.54, 1.807) is 0 Å². The Balaban J connectivity index is 1.71. The van der Waals surface area contributed by atoms with E-state index in [0.29, 0.717) is 5.02 Å². The molecule has 1 aliphatic carbocycles. The lowest BCUT2D eigenvalue weighted by Gasteiger charge is -2.43. The number of nitrogens with one attached hydrogen (secondary N) is 1. The van der Waals surface area contributed by atoms with Gasteiger partial charge in [0.05, 0.1) is 22.2 Å². The summed E-state index contributed by atoms with van der Waals surface area (Å²) < 4.78 is 0.960. The standard InChI is InChI=1S/C17H14BrClN2/c18-13-6-7-16(15(19)8-13)21-14-9-17(10-14,11-20)12-4-2-1-3-5-12/h1-8,14,21H,9-10H2. The molecule has 0 unspecified atom stereocenters. The van der Waals surface area contributed by atoms with Crippen LogP contribution in [-0.4, -0.2) is 6.04 Å². The fourth-order valence-electron chi connectivity index (χ4n) is 2.86. The fourth-order valence-corrected chi connectivity index (χ4v) is 3.59. The molecule has 0 amide bonds. The third-order valence-corrected chi connectivity index (χ3v) is 4.83. The zero-order valence-electron chi connectivity index (χ0n) is 11.3. The zero-order chi connectivity index (χ0) is 14.9. The van der Waals surface area contributed by atoms with E-state index in [0.717, 1.165) is 28.6 Å². The second kappa shape index (κ2) is 5.71. The van der Waals surface area contributed by atoms with Crippen molar-refractivity contribution in [1.82, 2.24) is 0 Å². The number of nitriles is 1. The Labute approximate surface area is 137 Å². The van der Waals surface area contributed by atoms with Gasteiger partial charge < -0.3 is 5.32 Å². The fraction of sp³-hybridized carbons (Fsp3) is 0.235. The Morgan fingerprint density at radius 3 is 2.52 bits per heavy atom. The van der Waals surface area contributed by atoms with Crippen LogP contribution in [0.4, 0.5) is 5.69 Å². The third kappa shape index (κ3) is 2.79. The van der Waals surface area contributed by atoms with E-state index < -0.39 is 0 Å². The van der Waals surface area contributed by atoms with Crippen LogP contribution in [0.2, 0.25) is 5.02 Å². The van der Waals surface area contributed by atoms with Crippen molar-refractivity contribution in [2.45, 2.75) is 24.3 Å². The molecule has 2 aromatic rings. The molecule has 4 heteroatoms. The van der Waals surface area contributed by atoms with Crippen LogP contribution in [0.25, 0.3) is 0 Å². The monoisotopic (exact) mass is 360 g/mol. The molecule has 1 fully saturated rings. The molecular formula is C17H14BrClN2. The lowest BCUT2D eigenvalue weighted by Crippen LogP contribution is -2.47. The van der Waals surface area contributed by atoms with Crippen molar-refractivity contribution < 1.29 is 0 Å². The van der Waals surface area contributed by atoms with Gasteiger partial charge in [-0.2, -0.15) is 5.26 Å². The van der Waals surface area contributed by atoms with Crippen LogP contribution in [0.15, 0.2) is 53.0 Å². The Morgan fingerprint density at radius 2 is 1.90 bits per heavy atom. The van der Waals surface area contributed by atoms with E-state index in [2.05, 4.69) is 27.3 Å². The van der Waals surface area contributed by atoms with E-state index in [9.17, 15) is 5.26 Å². The summed E-state index contributed by atoms with van der Waals surface area (Å²) in [5.41, 5.74) is 1.66. The Kier molecular flexibility index (Phi) is 3.93. The van der Waals surface area contributed by atoms with Crippen molar-refractivity contribution in [2.75, 3.05) is 5.32 Å². The van der Waals surface area contributed by atoms with Crippen LogP contribution < -0.4 is 5.32 Å². The summed E-state index contributed by atoms with van der Waals surface area (Å²) in [5.74, 6) is 0. The molecule has 0 heterocycles. The lowest BCUT2D eigenvalue weighted by molar-refractivity contribution is 0.289. The van der Waals surface area contributed by atoms with Gasteiger partial charge in [0.15, 0.2) is 0 Å². The number of halogens is 2. The molecule has 0 spiro atoms. The van der Waals surface area contributed by atoms with Crippen LogP contribution in [0.3, 0.4) is 0 Å². The van der Waals surface area contributed by atoms with E-state index in [1.165, 1.54) is 0 Å². The average Bonchev–Trinajstić information content (AvgIpc) is 2.45.